The van der Waals surface area contributed by atoms with Gasteiger partial charge in [0.05, 0.1) is 0 Å². The molecule has 0 atom stereocenters. The predicted molar refractivity (Wildman–Crippen MR) is 44.6 cm³/mol. The Morgan fingerprint density at radius 2 is 2.27 bits per heavy atom. The molecule has 62 valence electrons. The van der Waals surface area contributed by atoms with Crippen molar-refractivity contribution in [3.05, 3.63) is 16.4 Å². The van der Waals surface area contributed by atoms with Crippen molar-refractivity contribution >= 4 is 22.2 Å². The largest absolute Gasteiger partial charge is 0.388 e. The highest BCUT2D eigenvalue weighted by molar-refractivity contribution is 9.10. The standard InChI is InChI=1S/C4H3BrN2O.C2H6O/c5-4-1-3(2-8)6-7-4;1-3-2/h1-2H,(H,6,7);1-2H3. The second kappa shape index (κ2) is 6.06. The van der Waals surface area contributed by atoms with Gasteiger partial charge in [0.2, 0.25) is 0 Å². The summed E-state index contributed by atoms with van der Waals surface area (Å²) >= 11 is 3.10. The molecule has 1 aromatic rings. The van der Waals surface area contributed by atoms with Crippen molar-refractivity contribution in [2.45, 2.75) is 0 Å². The molecule has 4 nitrogen and oxygen atoms in total. The van der Waals surface area contributed by atoms with Crippen LogP contribution in [0.3, 0.4) is 0 Å². The Labute approximate surface area is 73.1 Å². The van der Waals surface area contributed by atoms with Gasteiger partial charge in [0, 0.05) is 20.3 Å². The number of halogens is 1. The molecule has 1 rings (SSSR count). The molecule has 0 bridgehead atoms. The van der Waals surface area contributed by atoms with Crippen molar-refractivity contribution in [3.8, 4) is 0 Å². The van der Waals surface area contributed by atoms with Crippen LogP contribution < -0.4 is 0 Å². The Kier molecular flexibility index (Phi) is 5.68. The van der Waals surface area contributed by atoms with Gasteiger partial charge in [-0.05, 0) is 15.9 Å². The number of rotatable bonds is 1. The number of nitrogens with zero attached hydrogens (tertiary/aromatic N) is 1. The molecule has 0 unspecified atom stereocenters. The van der Waals surface area contributed by atoms with E-state index in [1.165, 1.54) is 0 Å². The molecule has 1 aromatic heterocycles. The van der Waals surface area contributed by atoms with E-state index in [1.54, 1.807) is 20.3 Å². The molecule has 11 heavy (non-hydrogen) atoms. The summed E-state index contributed by atoms with van der Waals surface area (Å²) in [5.74, 6) is 0. The van der Waals surface area contributed by atoms with E-state index in [0.717, 1.165) is 4.60 Å². The first-order valence-corrected chi connectivity index (χ1v) is 3.60. The van der Waals surface area contributed by atoms with Gasteiger partial charge in [0.1, 0.15) is 10.3 Å². The molecular formula is C6H9BrN2O2. The summed E-state index contributed by atoms with van der Waals surface area (Å²) < 4.78 is 4.97. The van der Waals surface area contributed by atoms with Crippen LogP contribution in [0.15, 0.2) is 10.7 Å². The first-order valence-electron chi connectivity index (χ1n) is 2.80. The Morgan fingerprint density at radius 3 is 2.45 bits per heavy atom. The van der Waals surface area contributed by atoms with Crippen molar-refractivity contribution in [1.82, 2.24) is 10.2 Å². The highest BCUT2D eigenvalue weighted by Crippen LogP contribution is 2.03. The van der Waals surface area contributed by atoms with Gasteiger partial charge in [-0.1, -0.05) is 0 Å². The van der Waals surface area contributed by atoms with Gasteiger partial charge in [-0.25, -0.2) is 0 Å². The molecule has 1 heterocycles. The molecule has 0 aliphatic carbocycles. The van der Waals surface area contributed by atoms with Gasteiger partial charge in [0.15, 0.2) is 6.29 Å². The SMILES string of the molecule is COC.O=Cc1cc(Br)[nH]n1. The number of aldehydes is 1. The molecule has 0 spiro atoms. The lowest BCUT2D eigenvalue weighted by atomic mass is 10.5. The fourth-order valence-electron chi connectivity index (χ4n) is 0.373. The molecule has 0 aromatic carbocycles. The van der Waals surface area contributed by atoms with Crippen molar-refractivity contribution in [2.75, 3.05) is 14.2 Å². The number of hydrogen-bond donors (Lipinski definition) is 1. The third-order valence-corrected chi connectivity index (χ3v) is 1.09. The molecule has 0 radical (unpaired) electrons. The van der Waals surface area contributed by atoms with Crippen LogP contribution >= 0.6 is 15.9 Å². The molecule has 5 heteroatoms. The number of methoxy groups -OCH3 is 1. The first-order chi connectivity index (χ1) is 5.24. The topological polar surface area (TPSA) is 55.0 Å². The number of aromatic amines is 1. The van der Waals surface area contributed by atoms with Crippen molar-refractivity contribution in [3.63, 3.8) is 0 Å². The number of carbonyl (C=O) groups excluding carboxylic acids is 1. The van der Waals surface area contributed by atoms with E-state index in [4.69, 9.17) is 0 Å². The van der Waals surface area contributed by atoms with Gasteiger partial charge in [-0.15, -0.1) is 0 Å². The summed E-state index contributed by atoms with van der Waals surface area (Å²) in [7, 11) is 3.25. The highest BCUT2D eigenvalue weighted by atomic mass is 79.9. The van der Waals surface area contributed by atoms with Crippen LogP contribution in [0, 0.1) is 0 Å². The van der Waals surface area contributed by atoms with Crippen LogP contribution in [0.25, 0.3) is 0 Å². The van der Waals surface area contributed by atoms with E-state index in [2.05, 4.69) is 30.9 Å². The summed E-state index contributed by atoms with van der Waals surface area (Å²) in [5.41, 5.74) is 0.414. The van der Waals surface area contributed by atoms with Crippen molar-refractivity contribution in [2.24, 2.45) is 0 Å². The maximum atomic E-state index is 9.92. The maximum Gasteiger partial charge on any atom is 0.170 e. The van der Waals surface area contributed by atoms with Crippen LogP contribution in [0.4, 0.5) is 0 Å². The van der Waals surface area contributed by atoms with E-state index in [9.17, 15) is 4.79 Å². The predicted octanol–water partition coefficient (Wildman–Crippen LogP) is 1.25. The number of nitrogens with one attached hydrogen (secondary N) is 1. The molecule has 1 N–H and O–H groups in total. The Bertz CT molecular complexity index is 212. The van der Waals surface area contributed by atoms with Crippen LogP contribution in [0.2, 0.25) is 0 Å². The summed E-state index contributed by atoms with van der Waals surface area (Å²) in [6, 6.07) is 1.60. The monoisotopic (exact) mass is 220 g/mol. The Hall–Kier alpha value is -0.680. The lowest BCUT2D eigenvalue weighted by Gasteiger charge is -1.65. The summed E-state index contributed by atoms with van der Waals surface area (Å²) in [6.45, 7) is 0. The van der Waals surface area contributed by atoms with Crippen LogP contribution in [-0.4, -0.2) is 30.7 Å². The fraction of sp³-hybridized carbons (Fsp3) is 0.333. The molecule has 0 saturated carbocycles. The number of aromatic nitrogens is 2. The zero-order chi connectivity index (χ0) is 8.69. The summed E-state index contributed by atoms with van der Waals surface area (Å²) in [5, 5.41) is 6.15. The van der Waals surface area contributed by atoms with Gasteiger partial charge in [-0.2, -0.15) is 5.10 Å². The van der Waals surface area contributed by atoms with Crippen molar-refractivity contribution in [1.29, 1.82) is 0 Å². The molecular weight excluding hydrogens is 212 g/mol. The average molecular weight is 221 g/mol. The lowest BCUT2D eigenvalue weighted by Crippen LogP contribution is -1.75. The van der Waals surface area contributed by atoms with Crippen molar-refractivity contribution < 1.29 is 9.53 Å². The van der Waals surface area contributed by atoms with Crippen LogP contribution in [0.1, 0.15) is 10.5 Å². The Morgan fingerprint density at radius 1 is 1.73 bits per heavy atom. The third kappa shape index (κ3) is 4.69. The third-order valence-electron chi connectivity index (χ3n) is 0.687. The number of H-pyrrole nitrogens is 1. The van der Waals surface area contributed by atoms with E-state index in [1.807, 2.05) is 0 Å². The zero-order valence-electron chi connectivity index (χ0n) is 6.30. The smallest absolute Gasteiger partial charge is 0.170 e. The number of hydrogen-bond acceptors (Lipinski definition) is 3. The molecule has 0 fully saturated rings. The van der Waals surface area contributed by atoms with Crippen LogP contribution in [0.5, 0.6) is 0 Å². The minimum atomic E-state index is 0.414. The minimum Gasteiger partial charge on any atom is -0.388 e. The number of ether oxygens (including phenoxy) is 1. The quantitative estimate of drug-likeness (QED) is 0.726. The first kappa shape index (κ1) is 10.3. The van der Waals surface area contributed by atoms with E-state index >= 15 is 0 Å². The van der Waals surface area contributed by atoms with E-state index < -0.39 is 0 Å². The van der Waals surface area contributed by atoms with E-state index in [-0.39, 0.29) is 0 Å². The zero-order valence-corrected chi connectivity index (χ0v) is 7.88. The average Bonchev–Trinajstić information content (AvgIpc) is 2.37. The van der Waals surface area contributed by atoms with Gasteiger partial charge in [0.25, 0.3) is 0 Å². The van der Waals surface area contributed by atoms with E-state index in [0.29, 0.717) is 12.0 Å². The second-order valence-electron chi connectivity index (χ2n) is 1.67. The van der Waals surface area contributed by atoms with Crippen LogP contribution in [-0.2, 0) is 4.74 Å². The summed E-state index contributed by atoms with van der Waals surface area (Å²) in [4.78, 5) is 9.92. The normalized spacial score (nSPS) is 8.27. The fourth-order valence-corrected chi connectivity index (χ4v) is 0.696. The molecule has 0 aliphatic heterocycles. The molecule has 0 saturated heterocycles. The maximum absolute atomic E-state index is 9.92. The lowest BCUT2D eigenvalue weighted by molar-refractivity contribution is 0.111. The molecule has 0 aliphatic rings. The summed E-state index contributed by atoms with van der Waals surface area (Å²) in [6.07, 6.45) is 0.682. The number of carbonyl (C=O) groups is 1. The second-order valence-corrected chi connectivity index (χ2v) is 2.52. The molecule has 0 amide bonds. The Balaban J connectivity index is 0.000000292. The minimum absolute atomic E-state index is 0.414. The van der Waals surface area contributed by atoms with Gasteiger partial charge < -0.3 is 4.74 Å². The van der Waals surface area contributed by atoms with Gasteiger partial charge >= 0.3 is 0 Å². The van der Waals surface area contributed by atoms with Gasteiger partial charge in [-0.3, -0.25) is 9.89 Å². The highest BCUT2D eigenvalue weighted by Gasteiger charge is 1.92.